The first-order valence-electron chi connectivity index (χ1n) is 8.15. The predicted molar refractivity (Wildman–Crippen MR) is 94.8 cm³/mol. The molecule has 1 aliphatic heterocycles. The number of carbonyl (C=O) groups excluding carboxylic acids is 1. The molecular weight excluding hydrogens is 338 g/mol. The van der Waals surface area contributed by atoms with Gasteiger partial charge in [0.25, 0.3) is 0 Å². The maximum Gasteiger partial charge on any atom is 0.339 e. The highest BCUT2D eigenvalue weighted by molar-refractivity contribution is 5.90. The van der Waals surface area contributed by atoms with Gasteiger partial charge in [0.15, 0.2) is 0 Å². The first kappa shape index (κ1) is 17.7. The largest absolute Gasteiger partial charge is 0.497 e. The zero-order valence-corrected chi connectivity index (χ0v) is 14.5. The number of aromatic nitrogens is 1. The number of rotatable bonds is 5. The van der Waals surface area contributed by atoms with Gasteiger partial charge < -0.3 is 14.4 Å². The third-order valence-corrected chi connectivity index (χ3v) is 4.54. The van der Waals surface area contributed by atoms with E-state index in [1.807, 2.05) is 29.2 Å². The van der Waals surface area contributed by atoms with Gasteiger partial charge in [-0.05, 0) is 24.1 Å². The number of anilines is 1. The molecule has 1 saturated heterocycles. The van der Waals surface area contributed by atoms with Gasteiger partial charge in [0.1, 0.15) is 5.75 Å². The second-order valence-corrected chi connectivity index (χ2v) is 6.02. The first-order valence-corrected chi connectivity index (χ1v) is 8.15. The Hall–Kier alpha value is -3.16. The average molecular weight is 357 g/mol. The second kappa shape index (κ2) is 7.38. The molecule has 136 valence electrons. The molecule has 1 fully saturated rings. The maximum atomic E-state index is 11.6. The number of benzene rings is 1. The van der Waals surface area contributed by atoms with E-state index >= 15 is 0 Å². The van der Waals surface area contributed by atoms with Crippen molar-refractivity contribution in [1.82, 2.24) is 4.98 Å². The van der Waals surface area contributed by atoms with Gasteiger partial charge in [-0.2, -0.15) is 0 Å². The monoisotopic (exact) mass is 357 g/mol. The van der Waals surface area contributed by atoms with E-state index in [1.165, 1.54) is 19.4 Å². The highest BCUT2D eigenvalue weighted by Gasteiger charge is 2.30. The van der Waals surface area contributed by atoms with Crippen LogP contribution in [0.3, 0.4) is 0 Å². The van der Waals surface area contributed by atoms with E-state index in [2.05, 4.69) is 9.72 Å². The van der Waals surface area contributed by atoms with Crippen LogP contribution in [-0.4, -0.2) is 43.2 Å². The summed E-state index contributed by atoms with van der Waals surface area (Å²) in [6, 6.07) is 9.05. The Morgan fingerprint density at radius 2 is 2.04 bits per heavy atom. The average Bonchev–Trinajstić information content (AvgIpc) is 3.16. The molecule has 1 atom stereocenters. The fourth-order valence-electron chi connectivity index (χ4n) is 3.15. The van der Waals surface area contributed by atoms with Crippen LogP contribution in [0.1, 0.15) is 28.3 Å². The zero-order valence-electron chi connectivity index (χ0n) is 14.5. The van der Waals surface area contributed by atoms with E-state index in [0.29, 0.717) is 13.1 Å². The third kappa shape index (κ3) is 3.44. The molecule has 1 aromatic carbocycles. The third-order valence-electron chi connectivity index (χ3n) is 4.54. The number of hydrogen-bond donors (Lipinski definition) is 0. The lowest BCUT2D eigenvalue weighted by molar-refractivity contribution is -0.384. The first-order chi connectivity index (χ1) is 12.5. The summed E-state index contributed by atoms with van der Waals surface area (Å²) < 4.78 is 9.78. The van der Waals surface area contributed by atoms with Gasteiger partial charge in [0.2, 0.25) is 5.82 Å². The minimum absolute atomic E-state index is 0.0638. The Kier molecular flexibility index (Phi) is 5.01. The Labute approximate surface area is 150 Å². The molecule has 8 nitrogen and oxygen atoms in total. The summed E-state index contributed by atoms with van der Waals surface area (Å²) in [7, 11) is 2.84. The van der Waals surface area contributed by atoms with E-state index in [1.54, 1.807) is 7.11 Å². The summed E-state index contributed by atoms with van der Waals surface area (Å²) >= 11 is 0. The zero-order chi connectivity index (χ0) is 18.7. The van der Waals surface area contributed by atoms with Crippen LogP contribution in [0, 0.1) is 10.1 Å². The van der Waals surface area contributed by atoms with Gasteiger partial charge in [-0.25, -0.2) is 9.78 Å². The molecule has 2 heterocycles. The molecule has 1 unspecified atom stereocenters. The lowest BCUT2D eigenvalue weighted by atomic mass is 9.98. The fourth-order valence-corrected chi connectivity index (χ4v) is 3.15. The van der Waals surface area contributed by atoms with E-state index < -0.39 is 10.9 Å². The summed E-state index contributed by atoms with van der Waals surface area (Å²) in [6.45, 7) is 1.28. The normalized spacial score (nSPS) is 16.4. The summed E-state index contributed by atoms with van der Waals surface area (Å²) in [4.78, 5) is 28.6. The molecule has 0 spiro atoms. The van der Waals surface area contributed by atoms with Crippen LogP contribution in [0.5, 0.6) is 5.75 Å². The fraction of sp³-hybridized carbons (Fsp3) is 0.333. The highest BCUT2D eigenvalue weighted by Crippen LogP contribution is 2.35. The van der Waals surface area contributed by atoms with Crippen LogP contribution in [0.4, 0.5) is 11.5 Å². The summed E-state index contributed by atoms with van der Waals surface area (Å²) in [6.07, 6.45) is 2.18. The van der Waals surface area contributed by atoms with E-state index in [4.69, 9.17) is 4.74 Å². The minimum atomic E-state index is -0.648. The Balaban J connectivity index is 1.83. The van der Waals surface area contributed by atoms with E-state index in [0.717, 1.165) is 17.7 Å². The maximum absolute atomic E-state index is 11.6. The SMILES string of the molecule is COC(=O)c1cnc(N2CCC(c3ccc(OC)cc3)C2)c([N+](=O)[O-])c1. The van der Waals surface area contributed by atoms with Crippen molar-refractivity contribution in [1.29, 1.82) is 0 Å². The molecule has 0 N–H and O–H groups in total. The van der Waals surface area contributed by atoms with Crippen molar-refractivity contribution < 1.29 is 19.2 Å². The Bertz CT molecular complexity index is 822. The summed E-state index contributed by atoms with van der Waals surface area (Å²) in [5.74, 6) is 0.672. The lowest BCUT2D eigenvalue weighted by Gasteiger charge is -2.18. The number of methoxy groups -OCH3 is 2. The standard InChI is InChI=1S/C18H19N3O5/c1-25-15-5-3-12(4-6-15)13-7-8-20(11-13)17-16(21(23)24)9-14(10-19-17)18(22)26-2/h3-6,9-10,13H,7-8,11H2,1-2H3. The van der Waals surface area contributed by atoms with Crippen molar-refractivity contribution in [2.24, 2.45) is 0 Å². The van der Waals surface area contributed by atoms with Gasteiger partial charge in [-0.15, -0.1) is 0 Å². The molecule has 26 heavy (non-hydrogen) atoms. The van der Waals surface area contributed by atoms with Gasteiger partial charge >= 0.3 is 11.7 Å². The number of ether oxygens (including phenoxy) is 2. The van der Waals surface area contributed by atoms with Gasteiger partial charge in [0.05, 0.1) is 24.7 Å². The van der Waals surface area contributed by atoms with E-state index in [9.17, 15) is 14.9 Å². The van der Waals surface area contributed by atoms with Crippen molar-refractivity contribution in [2.45, 2.75) is 12.3 Å². The molecule has 0 radical (unpaired) electrons. The summed E-state index contributed by atoms with van der Waals surface area (Å²) in [5, 5.41) is 11.4. The van der Waals surface area contributed by atoms with Crippen LogP contribution < -0.4 is 9.64 Å². The molecule has 1 aromatic heterocycles. The smallest absolute Gasteiger partial charge is 0.339 e. The highest BCUT2D eigenvalue weighted by atomic mass is 16.6. The van der Waals surface area contributed by atoms with Crippen LogP contribution in [-0.2, 0) is 4.74 Å². The Morgan fingerprint density at radius 3 is 2.65 bits per heavy atom. The van der Waals surface area contributed by atoms with Gasteiger partial charge in [0, 0.05) is 31.3 Å². The number of nitro groups is 1. The van der Waals surface area contributed by atoms with Crippen molar-refractivity contribution in [3.63, 3.8) is 0 Å². The topological polar surface area (TPSA) is 94.8 Å². The molecule has 1 aliphatic rings. The number of pyridine rings is 1. The van der Waals surface area contributed by atoms with Crippen LogP contribution in [0.25, 0.3) is 0 Å². The van der Waals surface area contributed by atoms with Crippen LogP contribution in [0.15, 0.2) is 36.5 Å². The van der Waals surface area contributed by atoms with Crippen molar-refractivity contribution >= 4 is 17.5 Å². The molecule has 2 aromatic rings. The van der Waals surface area contributed by atoms with Crippen LogP contribution in [0.2, 0.25) is 0 Å². The quantitative estimate of drug-likeness (QED) is 0.461. The molecule has 0 amide bonds. The van der Waals surface area contributed by atoms with Gasteiger partial charge in [-0.3, -0.25) is 10.1 Å². The van der Waals surface area contributed by atoms with Crippen LogP contribution >= 0.6 is 0 Å². The Morgan fingerprint density at radius 1 is 1.31 bits per heavy atom. The number of carbonyl (C=O) groups is 1. The molecule has 0 aliphatic carbocycles. The molecule has 0 bridgehead atoms. The predicted octanol–water partition coefficient (Wildman–Crippen LogP) is 2.78. The van der Waals surface area contributed by atoms with Crippen molar-refractivity contribution in [3.05, 3.63) is 57.8 Å². The minimum Gasteiger partial charge on any atom is -0.497 e. The molecule has 0 saturated carbocycles. The lowest BCUT2D eigenvalue weighted by Crippen LogP contribution is -2.22. The van der Waals surface area contributed by atoms with E-state index in [-0.39, 0.29) is 23.0 Å². The summed E-state index contributed by atoms with van der Waals surface area (Å²) in [5.41, 5.74) is 1.03. The van der Waals surface area contributed by atoms with Crippen molar-refractivity contribution in [3.8, 4) is 5.75 Å². The second-order valence-electron chi connectivity index (χ2n) is 6.02. The van der Waals surface area contributed by atoms with Gasteiger partial charge in [-0.1, -0.05) is 12.1 Å². The van der Waals surface area contributed by atoms with Crippen molar-refractivity contribution in [2.75, 3.05) is 32.2 Å². The number of hydrogen-bond acceptors (Lipinski definition) is 7. The molecule has 3 rings (SSSR count). The molecular formula is C18H19N3O5. The molecule has 8 heteroatoms. The number of nitrogens with zero attached hydrogens (tertiary/aromatic N) is 3. The number of esters is 1.